The lowest BCUT2D eigenvalue weighted by atomic mass is 10.2. The Morgan fingerprint density at radius 3 is 3.05 bits per heavy atom. The summed E-state index contributed by atoms with van der Waals surface area (Å²) < 4.78 is 14.0. The van der Waals surface area contributed by atoms with Gasteiger partial charge in [-0.15, -0.1) is 0 Å². The number of halogens is 1. The maximum atomic E-state index is 14.0. The monoisotopic (exact) mass is 261 g/mol. The molecule has 1 aliphatic heterocycles. The number of benzene rings is 1. The van der Waals surface area contributed by atoms with Gasteiger partial charge in [0.25, 0.3) is 0 Å². The number of aliphatic carboxylic acids is 1. The summed E-state index contributed by atoms with van der Waals surface area (Å²) in [5.41, 5.74) is 0.487. The molecule has 0 radical (unpaired) electrons. The summed E-state index contributed by atoms with van der Waals surface area (Å²) in [6.07, 6.45) is 2.65. The topological polar surface area (TPSA) is 66.3 Å². The largest absolute Gasteiger partial charge is 0.480 e. The fraction of sp³-hybridized carbons (Fsp3) is 0.308. The highest BCUT2D eigenvalue weighted by Gasteiger charge is 2.32. The Morgan fingerprint density at radius 1 is 1.42 bits per heavy atom. The molecule has 1 aromatic carbocycles. The SMILES string of the molecule is O=C(O)[C@H]1CCCN1c1ncnc2cccc(F)c12. The van der Waals surface area contributed by atoms with Crippen molar-refractivity contribution in [2.45, 2.75) is 18.9 Å². The lowest BCUT2D eigenvalue weighted by Crippen LogP contribution is -2.36. The molecule has 1 aromatic heterocycles. The Kier molecular flexibility index (Phi) is 2.77. The van der Waals surface area contributed by atoms with E-state index < -0.39 is 17.8 Å². The van der Waals surface area contributed by atoms with Crippen LogP contribution in [-0.2, 0) is 4.79 Å². The van der Waals surface area contributed by atoms with Crippen molar-refractivity contribution in [2.75, 3.05) is 11.4 Å². The summed E-state index contributed by atoms with van der Waals surface area (Å²) >= 11 is 0. The van der Waals surface area contributed by atoms with Crippen LogP contribution in [0.5, 0.6) is 0 Å². The molecule has 1 fully saturated rings. The quantitative estimate of drug-likeness (QED) is 0.893. The summed E-state index contributed by atoms with van der Waals surface area (Å²) in [6, 6.07) is 3.96. The van der Waals surface area contributed by atoms with Crippen LogP contribution in [-0.4, -0.2) is 33.6 Å². The molecule has 0 aliphatic carbocycles. The molecule has 1 saturated heterocycles. The van der Waals surface area contributed by atoms with E-state index in [1.54, 1.807) is 17.0 Å². The number of hydrogen-bond donors (Lipinski definition) is 1. The Labute approximate surface area is 108 Å². The van der Waals surface area contributed by atoms with Crippen LogP contribution < -0.4 is 4.90 Å². The van der Waals surface area contributed by atoms with Gasteiger partial charge in [-0.05, 0) is 25.0 Å². The van der Waals surface area contributed by atoms with Gasteiger partial charge < -0.3 is 10.0 Å². The van der Waals surface area contributed by atoms with Gasteiger partial charge in [0, 0.05) is 6.54 Å². The van der Waals surface area contributed by atoms with E-state index >= 15 is 0 Å². The Balaban J connectivity index is 2.17. The van der Waals surface area contributed by atoms with Crippen molar-refractivity contribution in [1.29, 1.82) is 0 Å². The van der Waals surface area contributed by atoms with Gasteiger partial charge in [-0.3, -0.25) is 0 Å². The zero-order valence-corrected chi connectivity index (χ0v) is 10.1. The zero-order chi connectivity index (χ0) is 13.4. The van der Waals surface area contributed by atoms with E-state index in [0.29, 0.717) is 24.3 Å². The number of anilines is 1. The molecule has 19 heavy (non-hydrogen) atoms. The van der Waals surface area contributed by atoms with Crippen LogP contribution in [0.3, 0.4) is 0 Å². The van der Waals surface area contributed by atoms with Gasteiger partial charge >= 0.3 is 5.97 Å². The van der Waals surface area contributed by atoms with Gasteiger partial charge in [0.05, 0.1) is 10.9 Å². The highest BCUT2D eigenvalue weighted by atomic mass is 19.1. The number of carboxylic acid groups (broad SMARTS) is 1. The lowest BCUT2D eigenvalue weighted by Gasteiger charge is -2.23. The minimum atomic E-state index is -0.902. The van der Waals surface area contributed by atoms with E-state index in [9.17, 15) is 14.3 Å². The van der Waals surface area contributed by atoms with Crippen molar-refractivity contribution in [1.82, 2.24) is 9.97 Å². The second kappa shape index (κ2) is 4.46. The molecule has 0 unspecified atom stereocenters. The minimum absolute atomic E-state index is 0.290. The molecular formula is C13H12FN3O2. The first-order valence-corrected chi connectivity index (χ1v) is 6.07. The number of carboxylic acids is 1. The normalized spacial score (nSPS) is 19.0. The van der Waals surface area contributed by atoms with Crippen molar-refractivity contribution in [3.8, 4) is 0 Å². The molecule has 2 aromatic rings. The summed E-state index contributed by atoms with van der Waals surface area (Å²) in [4.78, 5) is 21.0. The third kappa shape index (κ3) is 1.89. The van der Waals surface area contributed by atoms with Gasteiger partial charge in [0.15, 0.2) is 0 Å². The van der Waals surface area contributed by atoms with Crippen molar-refractivity contribution in [3.63, 3.8) is 0 Å². The van der Waals surface area contributed by atoms with Gasteiger partial charge in [-0.1, -0.05) is 6.07 Å². The van der Waals surface area contributed by atoms with Crippen molar-refractivity contribution >= 4 is 22.7 Å². The average Bonchev–Trinajstić information content (AvgIpc) is 2.87. The lowest BCUT2D eigenvalue weighted by molar-refractivity contribution is -0.138. The van der Waals surface area contributed by atoms with Crippen molar-refractivity contribution < 1.29 is 14.3 Å². The maximum absolute atomic E-state index is 14.0. The number of hydrogen-bond acceptors (Lipinski definition) is 4. The van der Waals surface area contributed by atoms with Gasteiger partial charge in [-0.2, -0.15) is 0 Å². The summed E-state index contributed by atoms with van der Waals surface area (Å²) in [7, 11) is 0. The van der Waals surface area contributed by atoms with E-state index in [1.807, 2.05) is 0 Å². The number of fused-ring (bicyclic) bond motifs is 1. The molecule has 1 aliphatic rings. The van der Waals surface area contributed by atoms with Crippen molar-refractivity contribution in [2.24, 2.45) is 0 Å². The van der Waals surface area contributed by atoms with E-state index in [1.165, 1.54) is 12.4 Å². The molecule has 2 heterocycles. The smallest absolute Gasteiger partial charge is 0.326 e. The molecule has 6 heteroatoms. The molecule has 0 bridgehead atoms. The summed E-state index contributed by atoms with van der Waals surface area (Å²) in [5, 5.41) is 9.50. The molecule has 0 amide bonds. The Morgan fingerprint density at radius 2 is 2.26 bits per heavy atom. The first-order valence-electron chi connectivity index (χ1n) is 6.07. The Hall–Kier alpha value is -2.24. The van der Waals surface area contributed by atoms with Crippen LogP contribution in [0.25, 0.3) is 10.9 Å². The van der Waals surface area contributed by atoms with Crippen LogP contribution in [0.1, 0.15) is 12.8 Å². The van der Waals surface area contributed by atoms with Gasteiger partial charge in [0.1, 0.15) is 24.0 Å². The van der Waals surface area contributed by atoms with Gasteiger partial charge in [-0.25, -0.2) is 19.2 Å². The standard InChI is InChI=1S/C13H12FN3O2/c14-8-3-1-4-9-11(8)12(16-7-15-9)17-6-2-5-10(17)13(18)19/h1,3-4,7,10H,2,5-6H2,(H,18,19)/t10-/m1/s1. The molecule has 1 N–H and O–H groups in total. The van der Waals surface area contributed by atoms with Crippen LogP contribution in [0, 0.1) is 5.82 Å². The van der Waals surface area contributed by atoms with E-state index in [4.69, 9.17) is 0 Å². The third-order valence-electron chi connectivity index (χ3n) is 3.40. The summed E-state index contributed by atoms with van der Waals surface area (Å²) in [6.45, 7) is 0.567. The highest BCUT2D eigenvalue weighted by molar-refractivity contribution is 5.92. The van der Waals surface area contributed by atoms with Crippen LogP contribution in [0.4, 0.5) is 10.2 Å². The zero-order valence-electron chi connectivity index (χ0n) is 10.1. The molecule has 0 saturated carbocycles. The third-order valence-corrected chi connectivity index (χ3v) is 3.40. The molecular weight excluding hydrogens is 249 g/mol. The fourth-order valence-corrected chi connectivity index (χ4v) is 2.55. The minimum Gasteiger partial charge on any atom is -0.480 e. The van der Waals surface area contributed by atoms with E-state index in [0.717, 1.165) is 6.42 Å². The average molecular weight is 261 g/mol. The number of aromatic nitrogens is 2. The molecule has 3 rings (SSSR count). The predicted octanol–water partition coefficient (Wildman–Crippen LogP) is 1.82. The fourth-order valence-electron chi connectivity index (χ4n) is 2.55. The first kappa shape index (κ1) is 11.8. The number of rotatable bonds is 2. The summed E-state index contributed by atoms with van der Waals surface area (Å²) in [5.74, 6) is -0.960. The molecule has 1 atom stereocenters. The second-order valence-corrected chi connectivity index (χ2v) is 4.52. The molecule has 0 spiro atoms. The molecule has 5 nitrogen and oxygen atoms in total. The predicted molar refractivity (Wildman–Crippen MR) is 67.5 cm³/mol. The van der Waals surface area contributed by atoms with Crippen LogP contribution in [0.2, 0.25) is 0 Å². The van der Waals surface area contributed by atoms with Gasteiger partial charge in [0.2, 0.25) is 0 Å². The number of carbonyl (C=O) groups is 1. The highest BCUT2D eigenvalue weighted by Crippen LogP contribution is 2.30. The first-order chi connectivity index (χ1) is 9.18. The van der Waals surface area contributed by atoms with E-state index in [2.05, 4.69) is 9.97 Å². The second-order valence-electron chi connectivity index (χ2n) is 4.52. The van der Waals surface area contributed by atoms with Crippen LogP contribution in [0.15, 0.2) is 24.5 Å². The van der Waals surface area contributed by atoms with Crippen LogP contribution >= 0.6 is 0 Å². The Bertz CT molecular complexity index is 642. The molecule has 98 valence electrons. The van der Waals surface area contributed by atoms with E-state index in [-0.39, 0.29) is 5.39 Å². The maximum Gasteiger partial charge on any atom is 0.326 e. The van der Waals surface area contributed by atoms with Crippen molar-refractivity contribution in [3.05, 3.63) is 30.3 Å². The number of nitrogens with zero attached hydrogens (tertiary/aromatic N) is 3.